The van der Waals surface area contributed by atoms with Gasteiger partial charge in [0.15, 0.2) is 0 Å². The molecule has 4 heteroatoms. The van der Waals surface area contributed by atoms with Gasteiger partial charge in [-0.1, -0.05) is 59.3 Å². The smallest absolute Gasteiger partial charge is 0.0787 e. The molecule has 2 unspecified atom stereocenters. The Bertz CT molecular complexity index is 313. The first-order chi connectivity index (χ1) is 13.7. The second-order valence-corrected chi connectivity index (χ2v) is 9.48. The van der Waals surface area contributed by atoms with E-state index in [4.69, 9.17) is 0 Å². The molecule has 0 bridgehead atoms. The summed E-state index contributed by atoms with van der Waals surface area (Å²) in [5.41, 5.74) is 0. The fourth-order valence-corrected chi connectivity index (χ4v) is 4.75. The Morgan fingerprint density at radius 3 is 1.66 bits per heavy atom. The lowest BCUT2D eigenvalue weighted by molar-refractivity contribution is -0.929. The van der Waals surface area contributed by atoms with Crippen LogP contribution in [0.1, 0.15) is 117 Å². The van der Waals surface area contributed by atoms with Gasteiger partial charge in [-0.15, -0.1) is 0 Å². The average Bonchev–Trinajstić information content (AvgIpc) is 2.72. The summed E-state index contributed by atoms with van der Waals surface area (Å²) in [6, 6.07) is 0.708. The minimum atomic E-state index is 0. The van der Waals surface area contributed by atoms with Crippen LogP contribution in [0, 0.1) is 0 Å². The van der Waals surface area contributed by atoms with Crippen LogP contribution >= 0.6 is 12.6 Å². The van der Waals surface area contributed by atoms with E-state index in [-0.39, 0.29) is 17.0 Å². The van der Waals surface area contributed by atoms with E-state index in [1.165, 1.54) is 127 Å². The zero-order valence-corrected chi connectivity index (χ0v) is 23.0. The number of quaternary nitrogens is 1. The number of nitrogens with zero attached hydrogens (tertiary/aromatic N) is 1. The molecule has 29 heavy (non-hydrogen) atoms. The third-order valence-corrected chi connectivity index (χ3v) is 6.91. The van der Waals surface area contributed by atoms with E-state index in [0.29, 0.717) is 6.04 Å². The lowest BCUT2D eigenvalue weighted by Gasteiger charge is -2.40. The van der Waals surface area contributed by atoms with Crippen LogP contribution in [0.3, 0.4) is 0 Å². The first-order valence-corrected chi connectivity index (χ1v) is 13.4. The molecule has 0 saturated carbocycles. The Labute approximate surface area is 201 Å². The van der Waals surface area contributed by atoms with Gasteiger partial charge in [-0.25, -0.2) is 0 Å². The zero-order chi connectivity index (χ0) is 20.9. The average molecular weight is 496 g/mol. The molecule has 0 aliphatic rings. The predicted molar refractivity (Wildman–Crippen MR) is 133 cm³/mol. The van der Waals surface area contributed by atoms with Gasteiger partial charge >= 0.3 is 0 Å². The van der Waals surface area contributed by atoms with E-state index in [9.17, 15) is 0 Å². The molecule has 0 aliphatic heterocycles. The Morgan fingerprint density at radius 2 is 1.14 bits per heavy atom. The van der Waals surface area contributed by atoms with Crippen LogP contribution < -0.4 is 22.3 Å². The molecule has 0 fully saturated rings. The quantitative estimate of drug-likeness (QED) is 0.130. The second-order valence-electron chi connectivity index (χ2n) is 9.03. The first-order valence-electron chi connectivity index (χ1n) is 12.8. The summed E-state index contributed by atoms with van der Waals surface area (Å²) >= 11 is 4.34. The van der Waals surface area contributed by atoms with Gasteiger partial charge < -0.3 is 26.8 Å². The molecule has 0 amide bonds. The normalized spacial score (nSPS) is 14.4. The number of hydrogen-bond donors (Lipinski definition) is 2. The maximum absolute atomic E-state index is 4.34. The molecule has 0 saturated heterocycles. The van der Waals surface area contributed by atoms with E-state index in [0.717, 1.165) is 5.75 Å². The van der Waals surface area contributed by atoms with Crippen molar-refractivity contribution in [2.45, 2.75) is 123 Å². The number of rotatable bonds is 22. The molecule has 0 aromatic carbocycles. The highest BCUT2D eigenvalue weighted by Gasteiger charge is 2.26. The standard InChI is InChI=1S/C25H54N2S.BrH/c1-5-8-10-15-21-27(20-9-6-2,23-18-19-25(7-3)26-4)22-16-13-11-12-14-17-24-28;/h25-26H,5-24H2,1-4H3;1H. The van der Waals surface area contributed by atoms with Gasteiger partial charge in [-0.05, 0) is 70.6 Å². The lowest BCUT2D eigenvalue weighted by Crippen LogP contribution is -3.00. The molecule has 0 aromatic rings. The summed E-state index contributed by atoms with van der Waals surface area (Å²) in [7, 11) is 2.13. The summed E-state index contributed by atoms with van der Waals surface area (Å²) in [5.74, 6) is 1.06. The van der Waals surface area contributed by atoms with Gasteiger partial charge in [0.25, 0.3) is 0 Å². The number of halogens is 1. The van der Waals surface area contributed by atoms with Crippen molar-refractivity contribution in [3.05, 3.63) is 0 Å². The summed E-state index contributed by atoms with van der Waals surface area (Å²) in [5, 5.41) is 3.51. The van der Waals surface area contributed by atoms with Crippen molar-refractivity contribution in [1.29, 1.82) is 0 Å². The van der Waals surface area contributed by atoms with Gasteiger partial charge in [0.2, 0.25) is 0 Å². The molecule has 0 heterocycles. The van der Waals surface area contributed by atoms with Crippen LogP contribution in [-0.2, 0) is 0 Å². The third-order valence-electron chi connectivity index (χ3n) is 6.60. The highest BCUT2D eigenvalue weighted by Crippen LogP contribution is 2.19. The molecule has 1 N–H and O–H groups in total. The fraction of sp³-hybridized carbons (Fsp3) is 1.00. The number of unbranched alkanes of at least 4 members (excludes halogenated alkanes) is 9. The summed E-state index contributed by atoms with van der Waals surface area (Å²) in [6.45, 7) is 12.7. The van der Waals surface area contributed by atoms with Crippen molar-refractivity contribution in [3.63, 3.8) is 0 Å². The Balaban J connectivity index is 0. The maximum atomic E-state index is 4.34. The van der Waals surface area contributed by atoms with E-state index < -0.39 is 0 Å². The predicted octanol–water partition coefficient (Wildman–Crippen LogP) is 4.24. The minimum absolute atomic E-state index is 0. The van der Waals surface area contributed by atoms with Crippen molar-refractivity contribution < 1.29 is 21.5 Å². The van der Waals surface area contributed by atoms with Crippen molar-refractivity contribution >= 4 is 12.6 Å². The van der Waals surface area contributed by atoms with E-state index in [2.05, 4.69) is 45.8 Å². The Morgan fingerprint density at radius 1 is 0.655 bits per heavy atom. The maximum Gasteiger partial charge on any atom is 0.0787 e. The molecule has 178 valence electrons. The lowest BCUT2D eigenvalue weighted by atomic mass is 10.0. The summed E-state index contributed by atoms with van der Waals surface area (Å²) < 4.78 is 1.41. The van der Waals surface area contributed by atoms with Crippen LogP contribution in [0.2, 0.25) is 0 Å². The van der Waals surface area contributed by atoms with Crippen LogP contribution in [0.5, 0.6) is 0 Å². The van der Waals surface area contributed by atoms with E-state index in [1.54, 1.807) is 0 Å². The third kappa shape index (κ3) is 18.1. The van der Waals surface area contributed by atoms with Gasteiger partial charge in [-0.3, -0.25) is 0 Å². The van der Waals surface area contributed by atoms with Gasteiger partial charge in [0, 0.05) is 6.04 Å². The number of hydrogen-bond acceptors (Lipinski definition) is 2. The molecule has 0 aliphatic carbocycles. The van der Waals surface area contributed by atoms with Gasteiger partial charge in [0.1, 0.15) is 0 Å². The van der Waals surface area contributed by atoms with E-state index in [1.807, 2.05) is 0 Å². The molecule has 2 nitrogen and oxygen atoms in total. The highest BCUT2D eigenvalue weighted by atomic mass is 79.9. The molecule has 2 atom stereocenters. The Kier molecular flexibility index (Phi) is 25.8. The van der Waals surface area contributed by atoms with Crippen molar-refractivity contribution in [3.8, 4) is 0 Å². The summed E-state index contributed by atoms with van der Waals surface area (Å²) in [6.07, 6.45) is 20.7. The molecule has 0 radical (unpaired) electrons. The second kappa shape index (κ2) is 23.4. The zero-order valence-electron chi connectivity index (χ0n) is 20.5. The minimum Gasteiger partial charge on any atom is -1.00 e. The topological polar surface area (TPSA) is 12.0 Å². The highest BCUT2D eigenvalue weighted by molar-refractivity contribution is 7.80. The van der Waals surface area contributed by atoms with Crippen LogP contribution in [0.25, 0.3) is 0 Å². The SMILES string of the molecule is CCCCCC[N+](CCCC)(CCCCCCCCS)CCCC(CC)NC.[Br-]. The Hall–Kier alpha value is 0.750. The van der Waals surface area contributed by atoms with Gasteiger partial charge in [-0.2, -0.15) is 12.6 Å². The van der Waals surface area contributed by atoms with Crippen molar-refractivity contribution in [2.24, 2.45) is 0 Å². The largest absolute Gasteiger partial charge is 1.00 e. The monoisotopic (exact) mass is 494 g/mol. The number of nitrogens with one attached hydrogen (secondary N) is 1. The molecule has 0 spiro atoms. The van der Waals surface area contributed by atoms with Crippen molar-refractivity contribution in [2.75, 3.05) is 39.0 Å². The molecule has 0 aromatic heterocycles. The van der Waals surface area contributed by atoms with Gasteiger partial charge in [0.05, 0.1) is 26.2 Å². The molecular weight excluding hydrogens is 440 g/mol. The molecule has 0 rings (SSSR count). The van der Waals surface area contributed by atoms with Crippen LogP contribution in [0.15, 0.2) is 0 Å². The first kappa shape index (κ1) is 31.9. The summed E-state index contributed by atoms with van der Waals surface area (Å²) in [4.78, 5) is 0. The van der Waals surface area contributed by atoms with E-state index >= 15 is 0 Å². The molecular formula is C25H55BrN2S. The van der Waals surface area contributed by atoms with Crippen LogP contribution in [-0.4, -0.2) is 49.5 Å². The van der Waals surface area contributed by atoms with Crippen molar-refractivity contribution in [1.82, 2.24) is 5.32 Å². The van der Waals surface area contributed by atoms with Crippen LogP contribution in [0.4, 0.5) is 0 Å². The number of thiol groups is 1. The fourth-order valence-electron chi connectivity index (χ4n) is 4.53.